The third-order valence-corrected chi connectivity index (χ3v) is 2.01. The molecule has 1 rings (SSSR count). The van der Waals surface area contributed by atoms with Gasteiger partial charge in [0.25, 0.3) is 0 Å². The van der Waals surface area contributed by atoms with E-state index in [1.807, 2.05) is 13.8 Å². The number of hydrogen-bond donors (Lipinski definition) is 2. The molecule has 0 aliphatic carbocycles. The number of nitrogens with one attached hydrogen (secondary N) is 1. The molecule has 0 aromatic heterocycles. The van der Waals surface area contributed by atoms with E-state index in [1.54, 1.807) is 24.3 Å². The molecule has 0 bridgehead atoms. The summed E-state index contributed by atoms with van der Waals surface area (Å²) in [5, 5.41) is 11.9. The highest BCUT2D eigenvalue weighted by molar-refractivity contribution is 5.92. The van der Waals surface area contributed by atoms with Gasteiger partial charge in [-0.1, -0.05) is 20.4 Å². The fourth-order valence-electron chi connectivity index (χ4n) is 1.03. The summed E-state index contributed by atoms with van der Waals surface area (Å²) < 4.78 is 0. The van der Waals surface area contributed by atoms with Gasteiger partial charge in [-0.2, -0.15) is 0 Å². The van der Waals surface area contributed by atoms with Crippen molar-refractivity contribution in [3.8, 4) is 0 Å². The van der Waals surface area contributed by atoms with Crippen molar-refractivity contribution in [3.63, 3.8) is 0 Å². The van der Waals surface area contributed by atoms with E-state index in [4.69, 9.17) is 5.11 Å². The highest BCUT2D eigenvalue weighted by Gasteiger charge is 2.06. The second kappa shape index (κ2) is 4.64. The number of carbonyl (C=O) groups excluding carboxylic acids is 1. The van der Waals surface area contributed by atoms with Gasteiger partial charge in [0.15, 0.2) is 0 Å². The first-order chi connectivity index (χ1) is 7.00. The summed E-state index contributed by atoms with van der Waals surface area (Å²) in [5.74, 6) is -0.0419. The molecule has 0 unspecified atom stereocenters. The highest BCUT2D eigenvalue weighted by atomic mass is 16.3. The van der Waals surface area contributed by atoms with Crippen LogP contribution in [0.5, 0.6) is 0 Å². The van der Waals surface area contributed by atoms with Gasteiger partial charge in [-0.25, -0.2) is 0 Å². The Hall–Kier alpha value is -1.77. The monoisotopic (exact) mass is 205 g/mol. The molecule has 1 aromatic rings. The van der Waals surface area contributed by atoms with Crippen molar-refractivity contribution in [2.24, 2.45) is 5.92 Å². The van der Waals surface area contributed by atoms with Gasteiger partial charge < -0.3 is 10.4 Å². The van der Waals surface area contributed by atoms with Gasteiger partial charge in [0.05, 0.1) is 0 Å². The van der Waals surface area contributed by atoms with Crippen LogP contribution >= 0.6 is 0 Å². The van der Waals surface area contributed by atoms with Crippen LogP contribution in [0.2, 0.25) is 0 Å². The summed E-state index contributed by atoms with van der Waals surface area (Å²) in [5.41, 5.74) is 1.37. The van der Waals surface area contributed by atoms with Crippen molar-refractivity contribution in [1.29, 1.82) is 0 Å². The molecule has 1 aromatic carbocycles. The third-order valence-electron chi connectivity index (χ3n) is 2.01. The summed E-state index contributed by atoms with van der Waals surface area (Å²) in [6.07, 6.45) is 0. The second-order valence-corrected chi connectivity index (χ2v) is 3.67. The lowest BCUT2D eigenvalue weighted by atomic mass is 10.1. The van der Waals surface area contributed by atoms with Crippen molar-refractivity contribution >= 4 is 17.4 Å². The number of rotatable bonds is 3. The number of aliphatic hydroxyl groups excluding tert-OH is 1. The van der Waals surface area contributed by atoms with Crippen LogP contribution in [0.3, 0.4) is 0 Å². The van der Waals surface area contributed by atoms with Crippen LogP contribution in [-0.2, 0) is 4.79 Å². The Labute approximate surface area is 89.4 Å². The van der Waals surface area contributed by atoms with Crippen LogP contribution in [-0.4, -0.2) is 11.0 Å². The Morgan fingerprint density at radius 3 is 2.27 bits per heavy atom. The van der Waals surface area contributed by atoms with E-state index in [9.17, 15) is 4.79 Å². The first-order valence-corrected chi connectivity index (χ1v) is 4.80. The van der Waals surface area contributed by atoms with Crippen molar-refractivity contribution in [2.45, 2.75) is 13.8 Å². The lowest BCUT2D eigenvalue weighted by Gasteiger charge is -2.07. The van der Waals surface area contributed by atoms with E-state index in [1.165, 1.54) is 0 Å². The number of amides is 1. The quantitative estimate of drug-likeness (QED) is 0.745. The minimum atomic E-state index is -0.0440. The van der Waals surface area contributed by atoms with Gasteiger partial charge in [-0.05, 0) is 24.3 Å². The van der Waals surface area contributed by atoms with Crippen molar-refractivity contribution < 1.29 is 9.90 Å². The Morgan fingerprint density at radius 2 is 1.87 bits per heavy atom. The summed E-state index contributed by atoms with van der Waals surface area (Å²) in [6, 6.07) is 6.88. The smallest absolute Gasteiger partial charge is 0.226 e. The van der Waals surface area contributed by atoms with Gasteiger partial charge >= 0.3 is 0 Å². The Bertz CT molecular complexity index is 366. The molecule has 0 fully saturated rings. The molecular formula is C12H15NO2. The molecule has 0 aliphatic heterocycles. The molecule has 0 aliphatic rings. The van der Waals surface area contributed by atoms with Crippen LogP contribution < -0.4 is 5.32 Å². The standard InChI is InChI=1S/C12H15NO2/c1-8(2)12(15)13-11-6-4-10(5-7-11)9(3)14/h4-8,14H,3H2,1-2H3,(H,13,15). The molecule has 0 radical (unpaired) electrons. The summed E-state index contributed by atoms with van der Waals surface area (Å²) in [4.78, 5) is 11.4. The van der Waals surface area contributed by atoms with Gasteiger partial charge in [-0.3, -0.25) is 4.79 Å². The Balaban J connectivity index is 2.73. The molecule has 0 saturated carbocycles. The van der Waals surface area contributed by atoms with E-state index in [0.717, 1.165) is 5.69 Å². The molecule has 0 heterocycles. The molecule has 0 saturated heterocycles. The van der Waals surface area contributed by atoms with Crippen LogP contribution in [0.25, 0.3) is 5.76 Å². The molecular weight excluding hydrogens is 190 g/mol. The van der Waals surface area contributed by atoms with Crippen LogP contribution in [0.1, 0.15) is 19.4 Å². The number of aliphatic hydroxyl groups is 1. The zero-order valence-corrected chi connectivity index (χ0v) is 8.95. The van der Waals surface area contributed by atoms with Crippen molar-refractivity contribution in [2.75, 3.05) is 5.32 Å². The van der Waals surface area contributed by atoms with E-state index in [2.05, 4.69) is 11.9 Å². The molecule has 1 amide bonds. The molecule has 15 heavy (non-hydrogen) atoms. The van der Waals surface area contributed by atoms with E-state index in [0.29, 0.717) is 5.56 Å². The minimum absolute atomic E-state index is 0.0226. The maximum atomic E-state index is 11.4. The Kier molecular flexibility index (Phi) is 3.50. The van der Waals surface area contributed by atoms with E-state index in [-0.39, 0.29) is 17.6 Å². The topological polar surface area (TPSA) is 49.3 Å². The second-order valence-electron chi connectivity index (χ2n) is 3.67. The van der Waals surface area contributed by atoms with Crippen LogP contribution in [0.15, 0.2) is 30.8 Å². The van der Waals surface area contributed by atoms with E-state index >= 15 is 0 Å². The summed E-state index contributed by atoms with van der Waals surface area (Å²) in [7, 11) is 0. The number of benzene rings is 1. The number of anilines is 1. The largest absolute Gasteiger partial charge is 0.508 e. The van der Waals surface area contributed by atoms with Gasteiger partial charge in [0.2, 0.25) is 5.91 Å². The molecule has 80 valence electrons. The lowest BCUT2D eigenvalue weighted by molar-refractivity contribution is -0.118. The fraction of sp³-hybridized carbons (Fsp3) is 0.250. The normalized spacial score (nSPS) is 10.1. The first-order valence-electron chi connectivity index (χ1n) is 4.80. The Morgan fingerprint density at radius 1 is 1.33 bits per heavy atom. The number of hydrogen-bond acceptors (Lipinski definition) is 2. The maximum Gasteiger partial charge on any atom is 0.226 e. The maximum absolute atomic E-state index is 11.4. The van der Waals surface area contributed by atoms with Crippen molar-refractivity contribution in [1.82, 2.24) is 0 Å². The first kappa shape index (κ1) is 11.3. The van der Waals surface area contributed by atoms with Crippen LogP contribution in [0, 0.1) is 5.92 Å². The van der Waals surface area contributed by atoms with Gasteiger partial charge in [0.1, 0.15) is 5.76 Å². The summed E-state index contributed by atoms with van der Waals surface area (Å²) in [6.45, 7) is 7.08. The van der Waals surface area contributed by atoms with Crippen molar-refractivity contribution in [3.05, 3.63) is 36.4 Å². The zero-order valence-electron chi connectivity index (χ0n) is 8.95. The zero-order chi connectivity index (χ0) is 11.4. The number of carbonyl (C=O) groups is 1. The van der Waals surface area contributed by atoms with Crippen LogP contribution in [0.4, 0.5) is 5.69 Å². The predicted molar refractivity (Wildman–Crippen MR) is 61.6 cm³/mol. The fourth-order valence-corrected chi connectivity index (χ4v) is 1.03. The average Bonchev–Trinajstić information content (AvgIpc) is 2.18. The molecule has 0 atom stereocenters. The summed E-state index contributed by atoms with van der Waals surface area (Å²) >= 11 is 0. The average molecular weight is 205 g/mol. The minimum Gasteiger partial charge on any atom is -0.508 e. The SMILES string of the molecule is C=C(O)c1ccc(NC(=O)C(C)C)cc1. The lowest BCUT2D eigenvalue weighted by Crippen LogP contribution is -2.17. The predicted octanol–water partition coefficient (Wildman–Crippen LogP) is 2.81. The molecule has 3 nitrogen and oxygen atoms in total. The highest BCUT2D eigenvalue weighted by Crippen LogP contribution is 2.14. The van der Waals surface area contributed by atoms with E-state index < -0.39 is 0 Å². The molecule has 2 N–H and O–H groups in total. The third kappa shape index (κ3) is 3.13. The molecule has 3 heteroatoms. The van der Waals surface area contributed by atoms with Gasteiger partial charge in [0, 0.05) is 17.2 Å². The van der Waals surface area contributed by atoms with Gasteiger partial charge in [-0.15, -0.1) is 0 Å². The molecule has 0 spiro atoms.